The summed E-state index contributed by atoms with van der Waals surface area (Å²) >= 11 is 0. The number of nitrogens with zero attached hydrogens (tertiary/aromatic N) is 2. The Balaban J connectivity index is 1.36. The second kappa shape index (κ2) is 8.02. The zero-order valence-corrected chi connectivity index (χ0v) is 17.6. The molecule has 30 heavy (non-hydrogen) atoms. The third-order valence-electron chi connectivity index (χ3n) is 6.51. The van der Waals surface area contributed by atoms with Gasteiger partial charge in [0, 0.05) is 38.0 Å². The van der Waals surface area contributed by atoms with Crippen molar-refractivity contribution in [3.8, 4) is 11.5 Å². The highest BCUT2D eigenvalue weighted by Crippen LogP contribution is 2.39. The normalized spacial score (nSPS) is 20.9. The lowest BCUT2D eigenvalue weighted by Crippen LogP contribution is -2.20. The quantitative estimate of drug-likeness (QED) is 0.612. The molecule has 1 aliphatic heterocycles. The van der Waals surface area contributed by atoms with Crippen molar-refractivity contribution in [2.75, 3.05) is 25.1 Å². The number of aromatic nitrogens is 1. The second-order valence-electron chi connectivity index (χ2n) is 8.50. The third-order valence-corrected chi connectivity index (χ3v) is 6.51. The van der Waals surface area contributed by atoms with E-state index in [1.807, 2.05) is 12.3 Å². The average molecular weight is 401 g/mol. The van der Waals surface area contributed by atoms with E-state index >= 15 is 0 Å². The molecule has 4 nitrogen and oxygen atoms in total. The van der Waals surface area contributed by atoms with Gasteiger partial charge in [0.05, 0.1) is 7.11 Å². The molecule has 0 unspecified atom stereocenters. The number of benzene rings is 2. The van der Waals surface area contributed by atoms with Crippen LogP contribution in [0.2, 0.25) is 0 Å². The van der Waals surface area contributed by atoms with Gasteiger partial charge in [-0.15, -0.1) is 0 Å². The molecule has 1 fully saturated rings. The molecule has 2 aromatic carbocycles. The average Bonchev–Trinajstić information content (AvgIpc) is 3.37. The first-order chi connectivity index (χ1) is 14.7. The van der Waals surface area contributed by atoms with E-state index in [4.69, 9.17) is 9.47 Å². The van der Waals surface area contributed by atoms with Gasteiger partial charge in [0.2, 0.25) is 0 Å². The van der Waals surface area contributed by atoms with Crippen molar-refractivity contribution in [3.05, 3.63) is 83.6 Å². The van der Waals surface area contributed by atoms with Gasteiger partial charge in [-0.25, -0.2) is 4.98 Å². The molecule has 1 aromatic heterocycles. The predicted molar refractivity (Wildman–Crippen MR) is 120 cm³/mol. The number of rotatable bonds is 5. The molecule has 0 amide bonds. The molecule has 0 radical (unpaired) electrons. The molecular formula is C26H28N2O2. The Morgan fingerprint density at radius 3 is 2.37 bits per heavy atom. The van der Waals surface area contributed by atoms with E-state index in [1.165, 1.54) is 16.7 Å². The van der Waals surface area contributed by atoms with Crippen molar-refractivity contribution in [1.29, 1.82) is 0 Å². The first-order valence-electron chi connectivity index (χ1n) is 10.8. The summed E-state index contributed by atoms with van der Waals surface area (Å²) in [6.45, 7) is 4.31. The van der Waals surface area contributed by atoms with Crippen LogP contribution >= 0.6 is 0 Å². The molecule has 2 atom stereocenters. The monoisotopic (exact) mass is 400 g/mol. The fourth-order valence-corrected chi connectivity index (χ4v) is 4.93. The lowest BCUT2D eigenvalue weighted by Gasteiger charge is -2.20. The minimum Gasteiger partial charge on any atom is -0.493 e. The standard InChI is InChI=1S/C26H28N2O2/c1-18-16-28(26-9-5-6-12-27-26)17-23(18)21-10-11-24(29-2)25(15-21)30-22-13-19-7-3-4-8-20(19)14-22/h3-12,15,18,22-23H,13-14,16-17H2,1-2H3/t18-,23+/m0/s1. The van der Waals surface area contributed by atoms with E-state index in [1.54, 1.807) is 7.11 Å². The summed E-state index contributed by atoms with van der Waals surface area (Å²) < 4.78 is 12.1. The Morgan fingerprint density at radius 1 is 0.900 bits per heavy atom. The van der Waals surface area contributed by atoms with Gasteiger partial charge >= 0.3 is 0 Å². The number of pyridine rings is 1. The maximum absolute atomic E-state index is 6.48. The van der Waals surface area contributed by atoms with Gasteiger partial charge in [0.25, 0.3) is 0 Å². The number of ether oxygens (including phenoxy) is 2. The topological polar surface area (TPSA) is 34.6 Å². The van der Waals surface area contributed by atoms with Crippen LogP contribution in [-0.2, 0) is 12.8 Å². The smallest absolute Gasteiger partial charge is 0.161 e. The number of hydrogen-bond donors (Lipinski definition) is 0. The van der Waals surface area contributed by atoms with Gasteiger partial charge in [-0.2, -0.15) is 0 Å². The van der Waals surface area contributed by atoms with Gasteiger partial charge in [0.15, 0.2) is 11.5 Å². The summed E-state index contributed by atoms with van der Waals surface area (Å²) in [7, 11) is 1.71. The first kappa shape index (κ1) is 19.0. The van der Waals surface area contributed by atoms with Crippen molar-refractivity contribution < 1.29 is 9.47 Å². The summed E-state index contributed by atoms with van der Waals surface area (Å²) in [6.07, 6.45) is 3.94. The highest BCUT2D eigenvalue weighted by atomic mass is 16.5. The molecular weight excluding hydrogens is 372 g/mol. The van der Waals surface area contributed by atoms with Crippen LogP contribution < -0.4 is 14.4 Å². The SMILES string of the molecule is COc1ccc([C@@H]2CN(c3ccccn3)C[C@@H]2C)cc1OC1Cc2ccccc2C1. The lowest BCUT2D eigenvalue weighted by atomic mass is 9.90. The van der Waals surface area contributed by atoms with Gasteiger partial charge in [-0.1, -0.05) is 43.3 Å². The predicted octanol–water partition coefficient (Wildman–Crippen LogP) is 4.88. The highest BCUT2D eigenvalue weighted by Gasteiger charge is 2.32. The molecule has 1 saturated heterocycles. The van der Waals surface area contributed by atoms with Crippen molar-refractivity contribution in [3.63, 3.8) is 0 Å². The maximum atomic E-state index is 6.48. The van der Waals surface area contributed by atoms with Crippen LogP contribution in [-0.4, -0.2) is 31.3 Å². The van der Waals surface area contributed by atoms with E-state index in [2.05, 4.69) is 71.4 Å². The Labute approximate surface area is 178 Å². The van der Waals surface area contributed by atoms with E-state index in [9.17, 15) is 0 Å². The minimum atomic E-state index is 0.164. The van der Waals surface area contributed by atoms with Crippen molar-refractivity contribution in [2.24, 2.45) is 5.92 Å². The summed E-state index contributed by atoms with van der Waals surface area (Å²) in [5.74, 6) is 3.71. The Hall–Kier alpha value is -3.01. The third kappa shape index (κ3) is 3.62. The number of methoxy groups -OCH3 is 1. The van der Waals surface area contributed by atoms with Crippen molar-refractivity contribution in [2.45, 2.75) is 31.8 Å². The van der Waals surface area contributed by atoms with Crippen molar-refractivity contribution in [1.82, 2.24) is 4.98 Å². The molecule has 2 aliphatic rings. The zero-order valence-electron chi connectivity index (χ0n) is 17.6. The van der Waals surface area contributed by atoms with E-state index in [0.29, 0.717) is 11.8 Å². The van der Waals surface area contributed by atoms with Crippen LogP contribution in [0, 0.1) is 5.92 Å². The highest BCUT2D eigenvalue weighted by molar-refractivity contribution is 5.47. The molecule has 0 bridgehead atoms. The van der Waals surface area contributed by atoms with Crippen LogP contribution in [0.3, 0.4) is 0 Å². The molecule has 0 saturated carbocycles. The van der Waals surface area contributed by atoms with Crippen LogP contribution in [0.4, 0.5) is 5.82 Å². The molecule has 2 heterocycles. The van der Waals surface area contributed by atoms with Crippen LogP contribution in [0.1, 0.15) is 29.5 Å². The van der Waals surface area contributed by atoms with Crippen LogP contribution in [0.15, 0.2) is 66.9 Å². The first-order valence-corrected chi connectivity index (χ1v) is 10.8. The van der Waals surface area contributed by atoms with E-state index in [0.717, 1.165) is 43.2 Å². The Bertz CT molecular complexity index is 996. The summed E-state index contributed by atoms with van der Waals surface area (Å²) in [4.78, 5) is 6.92. The molecule has 0 spiro atoms. The zero-order chi connectivity index (χ0) is 20.5. The fourth-order valence-electron chi connectivity index (χ4n) is 4.93. The van der Waals surface area contributed by atoms with Gasteiger partial charge in [-0.3, -0.25) is 0 Å². The second-order valence-corrected chi connectivity index (χ2v) is 8.50. The summed E-state index contributed by atoms with van der Waals surface area (Å²) in [6, 6.07) is 21.2. The van der Waals surface area contributed by atoms with E-state index < -0.39 is 0 Å². The summed E-state index contributed by atoms with van der Waals surface area (Å²) in [5.41, 5.74) is 4.10. The fraction of sp³-hybridized carbons (Fsp3) is 0.346. The number of fused-ring (bicyclic) bond motifs is 1. The Kier molecular flexibility index (Phi) is 5.07. The Morgan fingerprint density at radius 2 is 1.67 bits per heavy atom. The molecule has 3 aromatic rings. The molecule has 5 rings (SSSR count). The lowest BCUT2D eigenvalue weighted by molar-refractivity contribution is 0.204. The maximum Gasteiger partial charge on any atom is 0.161 e. The minimum absolute atomic E-state index is 0.164. The summed E-state index contributed by atoms with van der Waals surface area (Å²) in [5, 5.41) is 0. The van der Waals surface area contributed by atoms with E-state index in [-0.39, 0.29) is 6.10 Å². The van der Waals surface area contributed by atoms with Gasteiger partial charge in [0.1, 0.15) is 11.9 Å². The molecule has 154 valence electrons. The van der Waals surface area contributed by atoms with Crippen molar-refractivity contribution >= 4 is 5.82 Å². The molecule has 4 heteroatoms. The molecule has 1 aliphatic carbocycles. The molecule has 0 N–H and O–H groups in total. The van der Waals surface area contributed by atoms with Crippen LogP contribution in [0.5, 0.6) is 11.5 Å². The number of hydrogen-bond acceptors (Lipinski definition) is 4. The van der Waals surface area contributed by atoms with Gasteiger partial charge < -0.3 is 14.4 Å². The van der Waals surface area contributed by atoms with Crippen LogP contribution in [0.25, 0.3) is 0 Å². The number of anilines is 1. The van der Waals surface area contributed by atoms with Gasteiger partial charge in [-0.05, 0) is 46.9 Å². The largest absolute Gasteiger partial charge is 0.493 e.